The van der Waals surface area contributed by atoms with Crippen LogP contribution in [0, 0.1) is 5.41 Å². The summed E-state index contributed by atoms with van der Waals surface area (Å²) in [6.45, 7) is 11.1. The zero-order chi connectivity index (χ0) is 11.8. The summed E-state index contributed by atoms with van der Waals surface area (Å²) in [5, 5.41) is 0. The molecule has 0 amide bonds. The van der Waals surface area contributed by atoms with E-state index in [0.717, 1.165) is 18.7 Å². The van der Waals surface area contributed by atoms with Crippen molar-refractivity contribution in [3.63, 3.8) is 0 Å². The smallest absolute Gasteiger partial charge is 0.0477 e. The van der Waals surface area contributed by atoms with Crippen molar-refractivity contribution in [3.05, 3.63) is 54.9 Å². The van der Waals surface area contributed by atoms with Gasteiger partial charge in [-0.05, 0) is 25.5 Å². The van der Waals surface area contributed by atoms with E-state index in [4.69, 9.17) is 5.73 Å². The van der Waals surface area contributed by atoms with Gasteiger partial charge in [-0.3, -0.25) is 0 Å². The third-order valence-corrected chi connectivity index (χ3v) is 3.57. The number of nitrogens with two attached hydrogens (primary N) is 1. The van der Waals surface area contributed by atoms with Gasteiger partial charge in [0.15, 0.2) is 0 Å². The number of anilines is 1. The van der Waals surface area contributed by atoms with Crippen LogP contribution < -0.4 is 10.6 Å². The van der Waals surface area contributed by atoms with E-state index in [2.05, 4.69) is 37.1 Å². The minimum Gasteiger partial charge on any atom is -0.402 e. The zero-order valence-electron chi connectivity index (χ0n) is 9.74. The Hall–Kier alpha value is -1.70. The maximum atomic E-state index is 5.88. The van der Waals surface area contributed by atoms with Crippen LogP contribution in [0.3, 0.4) is 0 Å². The molecule has 0 bridgehead atoms. The third kappa shape index (κ3) is 1.51. The van der Waals surface area contributed by atoms with Crippen molar-refractivity contribution < 1.29 is 0 Å². The number of para-hydroxylation sites is 1. The molecule has 1 aromatic carbocycles. The molecule has 1 aliphatic rings. The lowest BCUT2D eigenvalue weighted by atomic mass is 9.84. The molecule has 1 fully saturated rings. The minimum atomic E-state index is -0.157. The van der Waals surface area contributed by atoms with Crippen LogP contribution in [0.5, 0.6) is 0 Å². The predicted molar refractivity (Wildman–Crippen MR) is 69.0 cm³/mol. The minimum absolute atomic E-state index is 0.157. The van der Waals surface area contributed by atoms with Crippen molar-refractivity contribution in [3.8, 4) is 0 Å². The maximum Gasteiger partial charge on any atom is 0.0477 e. The summed E-state index contributed by atoms with van der Waals surface area (Å²) in [5.41, 5.74) is 8.65. The molecule has 1 atom stereocenters. The molecule has 0 radical (unpaired) electrons. The highest BCUT2D eigenvalue weighted by atomic mass is 15.2. The molecule has 2 nitrogen and oxygen atoms in total. The van der Waals surface area contributed by atoms with Gasteiger partial charge in [-0.25, -0.2) is 0 Å². The number of hydrogen-bond donors (Lipinski definition) is 1. The van der Waals surface area contributed by atoms with Crippen molar-refractivity contribution in [2.24, 2.45) is 11.1 Å². The Balaban J connectivity index is 2.30. The van der Waals surface area contributed by atoms with E-state index in [9.17, 15) is 0 Å². The molecule has 2 N–H and O–H groups in total. The van der Waals surface area contributed by atoms with Crippen molar-refractivity contribution in [2.75, 3.05) is 11.4 Å². The van der Waals surface area contributed by atoms with Crippen LogP contribution in [0.15, 0.2) is 54.9 Å². The van der Waals surface area contributed by atoms with Gasteiger partial charge in [-0.2, -0.15) is 0 Å². The van der Waals surface area contributed by atoms with Gasteiger partial charge in [0.1, 0.15) is 0 Å². The third-order valence-electron chi connectivity index (χ3n) is 3.57. The molecule has 0 saturated carbocycles. The Kier molecular flexibility index (Phi) is 2.50. The Morgan fingerprint density at radius 2 is 2.00 bits per heavy atom. The molecular weight excluding hydrogens is 196 g/mol. The molecule has 1 aliphatic heterocycles. The number of nitrogens with zero attached hydrogens (tertiary/aromatic N) is 1. The van der Waals surface area contributed by atoms with Crippen molar-refractivity contribution >= 4 is 5.69 Å². The topological polar surface area (TPSA) is 29.3 Å². The SMILES string of the molecule is C=C(N)C1(C)CCN(c2ccccc2)C1=C. The fourth-order valence-electron chi connectivity index (χ4n) is 2.15. The van der Waals surface area contributed by atoms with Crippen molar-refractivity contribution in [2.45, 2.75) is 13.3 Å². The van der Waals surface area contributed by atoms with Crippen LogP contribution in [0.1, 0.15) is 13.3 Å². The summed E-state index contributed by atoms with van der Waals surface area (Å²) in [5.74, 6) is 0. The first kappa shape index (κ1) is 10.8. The van der Waals surface area contributed by atoms with Crippen LogP contribution in [0.2, 0.25) is 0 Å². The highest BCUT2D eigenvalue weighted by Crippen LogP contribution is 2.44. The first-order chi connectivity index (χ1) is 7.55. The maximum absolute atomic E-state index is 5.88. The zero-order valence-corrected chi connectivity index (χ0v) is 9.74. The molecule has 1 heterocycles. The van der Waals surface area contributed by atoms with Gasteiger partial charge in [-0.1, -0.05) is 31.4 Å². The Morgan fingerprint density at radius 3 is 2.50 bits per heavy atom. The van der Waals surface area contributed by atoms with E-state index in [1.54, 1.807) is 0 Å². The first-order valence-electron chi connectivity index (χ1n) is 5.52. The van der Waals surface area contributed by atoms with E-state index < -0.39 is 0 Å². The normalized spacial score (nSPS) is 24.8. The largest absolute Gasteiger partial charge is 0.402 e. The van der Waals surface area contributed by atoms with Crippen LogP contribution >= 0.6 is 0 Å². The molecule has 0 aliphatic carbocycles. The van der Waals surface area contributed by atoms with Crippen LogP contribution in [-0.2, 0) is 0 Å². The van der Waals surface area contributed by atoms with Crippen LogP contribution in [-0.4, -0.2) is 6.54 Å². The molecule has 0 aromatic heterocycles. The summed E-state index contributed by atoms with van der Waals surface area (Å²) in [4.78, 5) is 2.22. The second kappa shape index (κ2) is 3.71. The number of hydrogen-bond acceptors (Lipinski definition) is 2. The van der Waals surface area contributed by atoms with E-state index in [0.29, 0.717) is 5.70 Å². The highest BCUT2D eigenvalue weighted by molar-refractivity contribution is 5.56. The second-order valence-corrected chi connectivity index (χ2v) is 4.54. The van der Waals surface area contributed by atoms with Gasteiger partial charge < -0.3 is 10.6 Å². The first-order valence-corrected chi connectivity index (χ1v) is 5.52. The van der Waals surface area contributed by atoms with Crippen LogP contribution in [0.25, 0.3) is 0 Å². The van der Waals surface area contributed by atoms with Gasteiger partial charge in [0.2, 0.25) is 0 Å². The predicted octanol–water partition coefficient (Wildman–Crippen LogP) is 2.89. The standard InChI is InChI=1S/C14H18N2/c1-11(15)14(3)9-10-16(12(14)2)13-7-5-4-6-8-13/h4-8H,1-2,9-10,15H2,3H3. The van der Waals surface area contributed by atoms with E-state index in [-0.39, 0.29) is 5.41 Å². The lowest BCUT2D eigenvalue weighted by molar-refractivity contribution is 0.500. The van der Waals surface area contributed by atoms with Gasteiger partial charge >= 0.3 is 0 Å². The van der Waals surface area contributed by atoms with Crippen molar-refractivity contribution in [1.29, 1.82) is 0 Å². The molecule has 0 spiro atoms. The molecule has 1 saturated heterocycles. The average molecular weight is 214 g/mol. The van der Waals surface area contributed by atoms with Gasteiger partial charge in [0, 0.05) is 29.0 Å². The van der Waals surface area contributed by atoms with Gasteiger partial charge in [-0.15, -0.1) is 0 Å². The average Bonchev–Trinajstić information content (AvgIpc) is 2.59. The monoisotopic (exact) mass is 214 g/mol. The fraction of sp³-hybridized carbons (Fsp3) is 0.286. The van der Waals surface area contributed by atoms with Gasteiger partial charge in [0.25, 0.3) is 0 Å². The van der Waals surface area contributed by atoms with E-state index in [1.807, 2.05) is 18.2 Å². The highest BCUT2D eigenvalue weighted by Gasteiger charge is 2.39. The van der Waals surface area contributed by atoms with Crippen molar-refractivity contribution in [1.82, 2.24) is 0 Å². The Morgan fingerprint density at radius 1 is 1.38 bits per heavy atom. The number of benzene rings is 1. The lowest BCUT2D eigenvalue weighted by Crippen LogP contribution is -2.26. The quantitative estimate of drug-likeness (QED) is 0.820. The molecular formula is C14H18N2. The molecule has 1 aromatic rings. The van der Waals surface area contributed by atoms with E-state index in [1.165, 1.54) is 5.69 Å². The molecule has 16 heavy (non-hydrogen) atoms. The lowest BCUT2D eigenvalue weighted by Gasteiger charge is -2.28. The van der Waals surface area contributed by atoms with E-state index >= 15 is 0 Å². The summed E-state index contributed by atoms with van der Waals surface area (Å²) >= 11 is 0. The molecule has 2 rings (SSSR count). The number of rotatable bonds is 2. The molecule has 84 valence electrons. The fourth-order valence-corrected chi connectivity index (χ4v) is 2.15. The molecule has 2 heteroatoms. The summed E-state index contributed by atoms with van der Waals surface area (Å²) < 4.78 is 0. The Labute approximate surface area is 97.1 Å². The van der Waals surface area contributed by atoms with Crippen LogP contribution in [0.4, 0.5) is 5.69 Å². The second-order valence-electron chi connectivity index (χ2n) is 4.54. The van der Waals surface area contributed by atoms with Gasteiger partial charge in [0.05, 0.1) is 0 Å². The molecule has 1 unspecified atom stereocenters. The summed E-state index contributed by atoms with van der Waals surface area (Å²) in [6.07, 6.45) is 0.982. The summed E-state index contributed by atoms with van der Waals surface area (Å²) in [6, 6.07) is 10.3. The Bertz CT molecular complexity index is 422. The summed E-state index contributed by atoms with van der Waals surface area (Å²) in [7, 11) is 0.